The van der Waals surface area contributed by atoms with E-state index in [2.05, 4.69) is 0 Å². The largest absolute Gasteiger partial charge is 0.493 e. The second-order valence-corrected chi connectivity index (χ2v) is 4.24. The summed E-state index contributed by atoms with van der Waals surface area (Å²) >= 11 is 0. The molecule has 108 valence electrons. The highest BCUT2D eigenvalue weighted by Gasteiger charge is 2.32. The average molecular weight is 280 g/mol. The van der Waals surface area contributed by atoms with E-state index in [1.165, 1.54) is 20.3 Å². The van der Waals surface area contributed by atoms with Gasteiger partial charge in [-0.2, -0.15) is 0 Å². The van der Waals surface area contributed by atoms with E-state index in [0.717, 1.165) is 0 Å². The summed E-state index contributed by atoms with van der Waals surface area (Å²) in [7, 11) is 4.06. The molecule has 20 heavy (non-hydrogen) atoms. The van der Waals surface area contributed by atoms with Crippen LogP contribution in [0.1, 0.15) is 38.8 Å². The first-order valence-corrected chi connectivity index (χ1v) is 6.13. The Balaban J connectivity index is 2.68. The molecule has 0 aliphatic carbocycles. The van der Waals surface area contributed by atoms with Crippen molar-refractivity contribution in [2.45, 2.75) is 12.5 Å². The smallest absolute Gasteiger partial charge is 0.339 e. The van der Waals surface area contributed by atoms with Crippen molar-refractivity contribution in [1.29, 1.82) is 0 Å². The maximum Gasteiger partial charge on any atom is 0.339 e. The van der Waals surface area contributed by atoms with E-state index in [-0.39, 0.29) is 17.2 Å². The molecule has 0 fully saturated rings. The van der Waals surface area contributed by atoms with Gasteiger partial charge in [0.1, 0.15) is 5.75 Å². The number of benzene rings is 1. The molecule has 0 spiro atoms. The van der Waals surface area contributed by atoms with Gasteiger partial charge in [-0.15, -0.1) is 0 Å². The van der Waals surface area contributed by atoms with Crippen LogP contribution < -0.4 is 4.74 Å². The van der Waals surface area contributed by atoms with Crippen molar-refractivity contribution < 1.29 is 28.5 Å². The van der Waals surface area contributed by atoms with Crippen LogP contribution in [0.4, 0.5) is 0 Å². The summed E-state index contributed by atoms with van der Waals surface area (Å²) in [5, 5.41) is 0. The predicted molar refractivity (Wildman–Crippen MR) is 69.0 cm³/mol. The van der Waals surface area contributed by atoms with Crippen molar-refractivity contribution in [3.05, 3.63) is 28.8 Å². The van der Waals surface area contributed by atoms with Crippen LogP contribution in [0.3, 0.4) is 0 Å². The highest BCUT2D eigenvalue weighted by atomic mass is 16.5. The van der Waals surface area contributed by atoms with Crippen LogP contribution >= 0.6 is 0 Å². The highest BCUT2D eigenvalue weighted by molar-refractivity contribution is 6.04. The molecule has 0 saturated heterocycles. The first kappa shape index (κ1) is 14.3. The molecule has 0 saturated carbocycles. The maximum absolute atomic E-state index is 12.0. The van der Waals surface area contributed by atoms with Crippen LogP contribution in [0.15, 0.2) is 12.1 Å². The Hall–Kier alpha value is -2.08. The molecule has 1 heterocycles. The summed E-state index contributed by atoms with van der Waals surface area (Å²) in [6, 6.07) is 3.13. The Morgan fingerprint density at radius 1 is 1.15 bits per heavy atom. The fourth-order valence-corrected chi connectivity index (χ4v) is 2.30. The van der Waals surface area contributed by atoms with Gasteiger partial charge < -0.3 is 18.9 Å². The van der Waals surface area contributed by atoms with Gasteiger partial charge in [-0.1, -0.05) is 0 Å². The van der Waals surface area contributed by atoms with Gasteiger partial charge in [0.25, 0.3) is 0 Å². The molecule has 2 rings (SSSR count). The van der Waals surface area contributed by atoms with E-state index in [1.54, 1.807) is 13.2 Å². The fraction of sp³-hybridized carbons (Fsp3) is 0.429. The number of hydrogen-bond acceptors (Lipinski definition) is 6. The van der Waals surface area contributed by atoms with Gasteiger partial charge in [-0.25, -0.2) is 9.59 Å². The van der Waals surface area contributed by atoms with Gasteiger partial charge in [-0.3, -0.25) is 0 Å². The average Bonchev–Trinajstić information content (AvgIpc) is 2.51. The molecule has 6 nitrogen and oxygen atoms in total. The maximum atomic E-state index is 12.0. The van der Waals surface area contributed by atoms with Crippen molar-refractivity contribution >= 4 is 11.9 Å². The molecule has 1 aromatic carbocycles. The van der Waals surface area contributed by atoms with Crippen LogP contribution in [0.2, 0.25) is 0 Å². The Kier molecular flexibility index (Phi) is 4.24. The van der Waals surface area contributed by atoms with Gasteiger partial charge >= 0.3 is 11.9 Å². The Morgan fingerprint density at radius 3 is 2.45 bits per heavy atom. The van der Waals surface area contributed by atoms with Gasteiger partial charge in [0.15, 0.2) is 0 Å². The molecule has 0 bridgehead atoms. The number of fused-ring (bicyclic) bond motifs is 1. The lowest BCUT2D eigenvalue weighted by molar-refractivity contribution is 0.0498. The molecule has 1 aromatic rings. The van der Waals surface area contributed by atoms with E-state index >= 15 is 0 Å². The van der Waals surface area contributed by atoms with Crippen LogP contribution in [0.25, 0.3) is 0 Å². The summed E-state index contributed by atoms with van der Waals surface area (Å²) in [6.45, 7) is 0.490. The number of ether oxygens (including phenoxy) is 4. The van der Waals surface area contributed by atoms with E-state index in [1.807, 2.05) is 0 Å². The molecule has 1 aliphatic rings. The number of carbonyl (C=O) groups is 2. The Bertz CT molecular complexity index is 537. The zero-order chi connectivity index (χ0) is 14.7. The number of rotatable bonds is 3. The zero-order valence-electron chi connectivity index (χ0n) is 11.6. The minimum atomic E-state index is -0.616. The Labute approximate surface area is 116 Å². The predicted octanol–water partition coefficient (Wildman–Crippen LogP) is 1.73. The molecule has 0 N–H and O–H groups in total. The summed E-state index contributed by atoms with van der Waals surface area (Å²) in [6.07, 6.45) is 0.274. The summed E-state index contributed by atoms with van der Waals surface area (Å²) < 4.78 is 20.4. The molecular formula is C14H16O6. The van der Waals surface area contributed by atoms with Gasteiger partial charge in [-0.05, 0) is 12.1 Å². The lowest BCUT2D eigenvalue weighted by Crippen LogP contribution is -2.22. The molecule has 0 unspecified atom stereocenters. The van der Waals surface area contributed by atoms with Crippen LogP contribution in [-0.2, 0) is 14.2 Å². The van der Waals surface area contributed by atoms with E-state index < -0.39 is 11.9 Å². The van der Waals surface area contributed by atoms with Crippen molar-refractivity contribution in [3.8, 4) is 5.75 Å². The first-order valence-electron chi connectivity index (χ1n) is 6.13. The van der Waals surface area contributed by atoms with Crippen molar-refractivity contribution in [2.24, 2.45) is 0 Å². The van der Waals surface area contributed by atoms with Crippen LogP contribution in [-0.4, -0.2) is 39.9 Å². The summed E-state index contributed by atoms with van der Waals surface area (Å²) in [4.78, 5) is 23.9. The van der Waals surface area contributed by atoms with E-state index in [0.29, 0.717) is 24.3 Å². The zero-order valence-corrected chi connectivity index (χ0v) is 11.6. The number of carbonyl (C=O) groups excluding carboxylic acids is 2. The fourth-order valence-electron chi connectivity index (χ4n) is 2.30. The monoisotopic (exact) mass is 280 g/mol. The molecular weight excluding hydrogens is 264 g/mol. The number of hydrogen-bond donors (Lipinski definition) is 0. The summed E-state index contributed by atoms with van der Waals surface area (Å²) in [5.74, 6) is -0.695. The van der Waals surface area contributed by atoms with Gasteiger partial charge in [0, 0.05) is 19.1 Å². The molecule has 1 atom stereocenters. The van der Waals surface area contributed by atoms with Crippen molar-refractivity contribution in [2.75, 3.05) is 27.9 Å². The van der Waals surface area contributed by atoms with Crippen LogP contribution in [0.5, 0.6) is 5.75 Å². The molecule has 0 amide bonds. The Morgan fingerprint density at radius 2 is 1.85 bits per heavy atom. The third-order valence-corrected chi connectivity index (χ3v) is 3.24. The molecule has 6 heteroatoms. The number of esters is 2. The molecule has 1 aliphatic heterocycles. The lowest BCUT2D eigenvalue weighted by atomic mass is 9.93. The van der Waals surface area contributed by atoms with Gasteiger partial charge in [0.05, 0.1) is 38.1 Å². The molecule has 0 radical (unpaired) electrons. The second kappa shape index (κ2) is 5.92. The molecule has 0 aromatic heterocycles. The normalized spacial score (nSPS) is 16.9. The third kappa shape index (κ3) is 2.34. The standard InChI is InChI=1S/C14H16O6/c1-17-9-6-7-20-10-5-4-8(13(15)18-2)11(12(9)10)14(16)19-3/h4-5,9H,6-7H2,1-3H3/t9-/m1/s1. The van der Waals surface area contributed by atoms with Crippen molar-refractivity contribution in [1.82, 2.24) is 0 Å². The van der Waals surface area contributed by atoms with Gasteiger partial charge in [0.2, 0.25) is 0 Å². The van der Waals surface area contributed by atoms with Crippen molar-refractivity contribution in [3.63, 3.8) is 0 Å². The quantitative estimate of drug-likeness (QED) is 0.785. The van der Waals surface area contributed by atoms with E-state index in [9.17, 15) is 9.59 Å². The van der Waals surface area contributed by atoms with E-state index in [4.69, 9.17) is 18.9 Å². The third-order valence-electron chi connectivity index (χ3n) is 3.24. The SMILES string of the molecule is COC(=O)c1ccc2c(c1C(=O)OC)[C@H](OC)CCO2. The number of methoxy groups -OCH3 is 3. The topological polar surface area (TPSA) is 71.1 Å². The minimum Gasteiger partial charge on any atom is -0.493 e. The lowest BCUT2D eigenvalue weighted by Gasteiger charge is -2.27. The highest BCUT2D eigenvalue weighted by Crippen LogP contribution is 2.38. The van der Waals surface area contributed by atoms with Crippen LogP contribution in [0, 0.1) is 0 Å². The second-order valence-electron chi connectivity index (χ2n) is 4.24. The summed E-state index contributed by atoms with van der Waals surface area (Å²) in [5.41, 5.74) is 0.822. The first-order chi connectivity index (χ1) is 9.63. The minimum absolute atomic E-state index is 0.142.